The first kappa shape index (κ1) is 15.1. The van der Waals surface area contributed by atoms with Crippen LogP contribution in [-0.4, -0.2) is 25.5 Å². The quantitative estimate of drug-likeness (QED) is 0.491. The Morgan fingerprint density at radius 3 is 2.83 bits per heavy atom. The minimum atomic E-state index is -0.522. The number of allylic oxidation sites excluding steroid dienone is 1. The molecule has 0 aliphatic carbocycles. The van der Waals surface area contributed by atoms with E-state index < -0.39 is 5.97 Å². The maximum atomic E-state index is 12.3. The molecule has 0 radical (unpaired) electrons. The van der Waals surface area contributed by atoms with Crippen LogP contribution in [0.3, 0.4) is 0 Å². The summed E-state index contributed by atoms with van der Waals surface area (Å²) in [6.45, 7) is 1.57. The molecule has 0 amide bonds. The second-order valence-electron chi connectivity index (χ2n) is 4.93. The third kappa shape index (κ3) is 2.89. The number of carbonyl (C=O) groups excluding carboxylic acids is 2. The van der Waals surface area contributed by atoms with Gasteiger partial charge in [-0.15, -0.1) is 0 Å². The SMILES string of the molecule is COCC(=O)Oc1ccc2c(c1C)O/C(=C\c1ccco1)C2=O. The summed E-state index contributed by atoms with van der Waals surface area (Å²) in [4.78, 5) is 23.9. The lowest BCUT2D eigenvalue weighted by Crippen LogP contribution is -2.14. The smallest absolute Gasteiger partial charge is 0.337 e. The summed E-state index contributed by atoms with van der Waals surface area (Å²) in [5, 5.41) is 0. The molecule has 1 aliphatic heterocycles. The number of hydrogen-bond acceptors (Lipinski definition) is 6. The second kappa shape index (κ2) is 6.10. The van der Waals surface area contributed by atoms with Crippen molar-refractivity contribution in [2.45, 2.75) is 6.92 Å². The highest BCUT2D eigenvalue weighted by molar-refractivity contribution is 6.14. The Kier molecular flexibility index (Phi) is 3.99. The zero-order valence-electron chi connectivity index (χ0n) is 12.6. The van der Waals surface area contributed by atoms with Gasteiger partial charge in [0.1, 0.15) is 23.9 Å². The van der Waals surface area contributed by atoms with Crippen molar-refractivity contribution in [2.75, 3.05) is 13.7 Å². The van der Waals surface area contributed by atoms with Crippen molar-refractivity contribution < 1.29 is 28.2 Å². The average molecular weight is 314 g/mol. The van der Waals surface area contributed by atoms with Gasteiger partial charge < -0.3 is 18.6 Å². The number of esters is 1. The number of ether oxygens (including phenoxy) is 3. The van der Waals surface area contributed by atoms with Gasteiger partial charge in [0.05, 0.1) is 11.8 Å². The highest BCUT2D eigenvalue weighted by atomic mass is 16.6. The highest BCUT2D eigenvalue weighted by Crippen LogP contribution is 2.39. The fourth-order valence-electron chi connectivity index (χ4n) is 2.25. The predicted octanol–water partition coefficient (Wildman–Crippen LogP) is 2.76. The summed E-state index contributed by atoms with van der Waals surface area (Å²) in [5.41, 5.74) is 0.995. The minimum absolute atomic E-state index is 0.153. The zero-order valence-corrected chi connectivity index (χ0v) is 12.6. The predicted molar refractivity (Wildman–Crippen MR) is 80.3 cm³/mol. The summed E-state index contributed by atoms with van der Waals surface area (Å²) in [7, 11) is 1.41. The van der Waals surface area contributed by atoms with Crippen LogP contribution in [0, 0.1) is 6.92 Å². The minimum Gasteiger partial charge on any atom is -0.465 e. The van der Waals surface area contributed by atoms with Crippen LogP contribution in [0.15, 0.2) is 40.7 Å². The molecular formula is C17H14O6. The Bertz CT molecular complexity index is 786. The molecule has 2 heterocycles. The second-order valence-corrected chi connectivity index (χ2v) is 4.93. The largest absolute Gasteiger partial charge is 0.465 e. The van der Waals surface area contributed by atoms with E-state index in [9.17, 15) is 9.59 Å². The Morgan fingerprint density at radius 2 is 2.13 bits per heavy atom. The van der Waals surface area contributed by atoms with E-state index in [1.807, 2.05) is 0 Å². The molecule has 0 spiro atoms. The Balaban J connectivity index is 1.90. The van der Waals surface area contributed by atoms with Crippen molar-refractivity contribution in [2.24, 2.45) is 0 Å². The molecule has 0 bridgehead atoms. The van der Waals surface area contributed by atoms with Gasteiger partial charge >= 0.3 is 5.97 Å². The van der Waals surface area contributed by atoms with Crippen LogP contribution >= 0.6 is 0 Å². The first-order chi connectivity index (χ1) is 11.1. The number of Topliss-reactive ketones (excluding diaryl/α,β-unsaturated/α-hetero) is 1. The summed E-state index contributed by atoms with van der Waals surface area (Å²) in [6.07, 6.45) is 3.04. The van der Waals surface area contributed by atoms with Crippen molar-refractivity contribution in [1.29, 1.82) is 0 Å². The summed E-state index contributed by atoms with van der Waals surface area (Å²) in [5.74, 6) is 0.637. The molecule has 0 saturated carbocycles. The monoisotopic (exact) mass is 314 g/mol. The molecule has 3 rings (SSSR count). The van der Waals surface area contributed by atoms with Crippen LogP contribution < -0.4 is 9.47 Å². The summed E-state index contributed by atoms with van der Waals surface area (Å²) < 4.78 is 20.7. The third-order valence-corrected chi connectivity index (χ3v) is 3.34. The first-order valence-corrected chi connectivity index (χ1v) is 6.91. The zero-order chi connectivity index (χ0) is 16.4. The molecule has 0 unspecified atom stereocenters. The van der Waals surface area contributed by atoms with Gasteiger partial charge in [0.15, 0.2) is 5.76 Å². The number of ketones is 1. The molecule has 23 heavy (non-hydrogen) atoms. The maximum Gasteiger partial charge on any atom is 0.337 e. The van der Waals surface area contributed by atoms with Gasteiger partial charge in [-0.05, 0) is 31.2 Å². The van der Waals surface area contributed by atoms with Gasteiger partial charge in [0, 0.05) is 18.7 Å². The third-order valence-electron chi connectivity index (χ3n) is 3.34. The van der Waals surface area contributed by atoms with E-state index >= 15 is 0 Å². The van der Waals surface area contributed by atoms with Gasteiger partial charge in [-0.25, -0.2) is 4.79 Å². The molecule has 1 aromatic carbocycles. The van der Waals surface area contributed by atoms with Gasteiger partial charge in [-0.1, -0.05) is 0 Å². The lowest BCUT2D eigenvalue weighted by atomic mass is 10.1. The Morgan fingerprint density at radius 1 is 1.30 bits per heavy atom. The van der Waals surface area contributed by atoms with Gasteiger partial charge in [0.2, 0.25) is 5.78 Å². The van der Waals surface area contributed by atoms with E-state index in [4.69, 9.17) is 18.6 Å². The van der Waals surface area contributed by atoms with Gasteiger partial charge in [-0.3, -0.25) is 4.79 Å². The number of furan rings is 1. The Hall–Kier alpha value is -2.86. The average Bonchev–Trinajstić information content (AvgIpc) is 3.13. The molecule has 1 aliphatic rings. The van der Waals surface area contributed by atoms with Gasteiger partial charge in [0.25, 0.3) is 0 Å². The van der Waals surface area contributed by atoms with Crippen LogP contribution in [0.4, 0.5) is 0 Å². The molecule has 118 valence electrons. The number of benzene rings is 1. The molecule has 0 fully saturated rings. The molecule has 1 aromatic heterocycles. The lowest BCUT2D eigenvalue weighted by molar-refractivity contribution is -0.138. The summed E-state index contributed by atoms with van der Waals surface area (Å²) >= 11 is 0. The van der Waals surface area contributed by atoms with E-state index in [-0.39, 0.29) is 18.1 Å². The van der Waals surface area contributed by atoms with E-state index in [1.165, 1.54) is 19.4 Å². The topological polar surface area (TPSA) is 75.0 Å². The standard InChI is InChI=1S/C17H14O6/c1-10-13(22-15(18)9-20-2)6-5-12-16(19)14(23-17(10)12)8-11-4-3-7-21-11/h3-8H,9H2,1-2H3/b14-8-. The molecule has 0 N–H and O–H groups in total. The molecule has 0 atom stereocenters. The lowest BCUT2D eigenvalue weighted by Gasteiger charge is -2.09. The van der Waals surface area contributed by atoms with Crippen molar-refractivity contribution in [3.8, 4) is 11.5 Å². The van der Waals surface area contributed by atoms with Crippen LogP contribution in [0.2, 0.25) is 0 Å². The number of carbonyl (C=O) groups is 2. The molecular weight excluding hydrogens is 300 g/mol. The van der Waals surface area contributed by atoms with E-state index in [0.717, 1.165) is 0 Å². The number of methoxy groups -OCH3 is 1. The van der Waals surface area contributed by atoms with Crippen molar-refractivity contribution in [3.63, 3.8) is 0 Å². The fraction of sp³-hybridized carbons (Fsp3) is 0.176. The highest BCUT2D eigenvalue weighted by Gasteiger charge is 2.30. The number of rotatable bonds is 4. The van der Waals surface area contributed by atoms with E-state index in [1.54, 1.807) is 31.2 Å². The van der Waals surface area contributed by atoms with E-state index in [0.29, 0.717) is 28.4 Å². The van der Waals surface area contributed by atoms with Crippen molar-refractivity contribution in [3.05, 3.63) is 53.2 Å². The van der Waals surface area contributed by atoms with Crippen LogP contribution in [0.25, 0.3) is 6.08 Å². The fourth-order valence-corrected chi connectivity index (χ4v) is 2.25. The number of fused-ring (bicyclic) bond motifs is 1. The van der Waals surface area contributed by atoms with E-state index in [2.05, 4.69) is 0 Å². The number of hydrogen-bond donors (Lipinski definition) is 0. The van der Waals surface area contributed by atoms with Crippen molar-refractivity contribution in [1.82, 2.24) is 0 Å². The van der Waals surface area contributed by atoms with Crippen LogP contribution in [-0.2, 0) is 9.53 Å². The molecule has 6 heteroatoms. The van der Waals surface area contributed by atoms with Gasteiger partial charge in [-0.2, -0.15) is 0 Å². The van der Waals surface area contributed by atoms with Crippen LogP contribution in [0.1, 0.15) is 21.7 Å². The molecule has 2 aromatic rings. The van der Waals surface area contributed by atoms with Crippen LogP contribution in [0.5, 0.6) is 11.5 Å². The van der Waals surface area contributed by atoms with Crippen molar-refractivity contribution >= 4 is 17.8 Å². The Labute approximate surface area is 132 Å². The first-order valence-electron chi connectivity index (χ1n) is 6.91. The normalized spacial score (nSPS) is 14.7. The molecule has 6 nitrogen and oxygen atoms in total. The molecule has 0 saturated heterocycles. The maximum absolute atomic E-state index is 12.3. The summed E-state index contributed by atoms with van der Waals surface area (Å²) in [6, 6.07) is 6.58.